The van der Waals surface area contributed by atoms with Crippen LogP contribution in [-0.4, -0.2) is 42.9 Å². The van der Waals surface area contributed by atoms with Crippen LogP contribution in [0.25, 0.3) is 0 Å². The van der Waals surface area contributed by atoms with Gasteiger partial charge in [-0.2, -0.15) is 0 Å². The lowest BCUT2D eigenvalue weighted by Crippen LogP contribution is -2.45. The number of nitrogen functional groups attached to an aromatic ring is 1. The minimum atomic E-state index is 0.299. The summed E-state index contributed by atoms with van der Waals surface area (Å²) in [6.45, 7) is 4.31. The number of hydrogen-bond acceptors (Lipinski definition) is 7. The molecule has 1 atom stereocenters. The first-order chi connectivity index (χ1) is 8.81. The largest absolute Gasteiger partial charge is 0.490 e. The van der Waals surface area contributed by atoms with Gasteiger partial charge in [-0.1, -0.05) is 6.92 Å². The van der Waals surface area contributed by atoms with Gasteiger partial charge in [0, 0.05) is 6.54 Å². The van der Waals surface area contributed by atoms with Crippen molar-refractivity contribution in [3.8, 4) is 5.75 Å². The molecule has 18 heavy (non-hydrogen) atoms. The third-order valence-corrected chi connectivity index (χ3v) is 3.10. The van der Waals surface area contributed by atoms with Crippen molar-refractivity contribution in [2.45, 2.75) is 19.4 Å². The summed E-state index contributed by atoms with van der Waals surface area (Å²) in [5.41, 5.74) is 2.52. The van der Waals surface area contributed by atoms with Crippen LogP contribution in [0.4, 0.5) is 11.6 Å². The van der Waals surface area contributed by atoms with Crippen LogP contribution >= 0.6 is 0 Å². The Morgan fingerprint density at radius 2 is 2.44 bits per heavy atom. The number of anilines is 2. The minimum absolute atomic E-state index is 0.299. The molecule has 1 saturated heterocycles. The molecule has 7 heteroatoms. The quantitative estimate of drug-likeness (QED) is 0.593. The summed E-state index contributed by atoms with van der Waals surface area (Å²) in [7, 11) is 1.59. The molecule has 1 aliphatic rings. The third-order valence-electron chi connectivity index (χ3n) is 3.10. The van der Waals surface area contributed by atoms with Gasteiger partial charge < -0.3 is 19.8 Å². The lowest BCUT2D eigenvalue weighted by Gasteiger charge is -2.36. The number of nitrogens with zero attached hydrogens (tertiary/aromatic N) is 3. The Morgan fingerprint density at radius 3 is 3.11 bits per heavy atom. The van der Waals surface area contributed by atoms with Gasteiger partial charge in [-0.3, -0.25) is 0 Å². The molecule has 0 spiro atoms. The van der Waals surface area contributed by atoms with Gasteiger partial charge in [0.05, 0.1) is 26.4 Å². The highest BCUT2D eigenvalue weighted by atomic mass is 16.5. The predicted molar refractivity (Wildman–Crippen MR) is 68.6 cm³/mol. The Labute approximate surface area is 106 Å². The maximum Gasteiger partial charge on any atom is 0.205 e. The molecule has 0 bridgehead atoms. The summed E-state index contributed by atoms with van der Waals surface area (Å²) in [5, 5.41) is 0. The van der Waals surface area contributed by atoms with Crippen LogP contribution in [0, 0.1) is 0 Å². The molecule has 0 saturated carbocycles. The second-order valence-corrected chi connectivity index (χ2v) is 4.05. The van der Waals surface area contributed by atoms with Crippen molar-refractivity contribution in [3.05, 3.63) is 6.33 Å². The molecule has 1 aromatic rings. The third kappa shape index (κ3) is 2.32. The lowest BCUT2D eigenvalue weighted by molar-refractivity contribution is 0.0922. The van der Waals surface area contributed by atoms with E-state index in [1.807, 2.05) is 0 Å². The molecule has 0 radical (unpaired) electrons. The van der Waals surface area contributed by atoms with Gasteiger partial charge in [0.1, 0.15) is 6.33 Å². The number of rotatable bonds is 4. The van der Waals surface area contributed by atoms with Crippen LogP contribution in [0.1, 0.15) is 13.3 Å². The number of ether oxygens (including phenoxy) is 2. The van der Waals surface area contributed by atoms with Gasteiger partial charge >= 0.3 is 0 Å². The van der Waals surface area contributed by atoms with Gasteiger partial charge in [0.15, 0.2) is 11.6 Å². The molecule has 0 aliphatic carbocycles. The van der Waals surface area contributed by atoms with Crippen LogP contribution in [0.15, 0.2) is 6.33 Å². The first-order valence-electron chi connectivity index (χ1n) is 6.01. The molecule has 0 aromatic carbocycles. The van der Waals surface area contributed by atoms with Crippen molar-refractivity contribution >= 4 is 11.6 Å². The van der Waals surface area contributed by atoms with E-state index < -0.39 is 0 Å². The average Bonchev–Trinajstić information content (AvgIpc) is 2.46. The number of morpholine rings is 1. The Kier molecular flexibility index (Phi) is 4.16. The van der Waals surface area contributed by atoms with Gasteiger partial charge in [0.2, 0.25) is 5.75 Å². The monoisotopic (exact) mass is 253 g/mol. The highest BCUT2D eigenvalue weighted by Crippen LogP contribution is 2.33. The van der Waals surface area contributed by atoms with Crippen LogP contribution in [-0.2, 0) is 4.74 Å². The van der Waals surface area contributed by atoms with E-state index in [0.29, 0.717) is 30.8 Å². The van der Waals surface area contributed by atoms with E-state index in [2.05, 4.69) is 27.2 Å². The summed E-state index contributed by atoms with van der Waals surface area (Å²) < 4.78 is 10.9. The molecule has 2 heterocycles. The molecule has 1 aromatic heterocycles. The summed E-state index contributed by atoms with van der Waals surface area (Å²) >= 11 is 0. The second kappa shape index (κ2) is 5.83. The summed E-state index contributed by atoms with van der Waals surface area (Å²) in [4.78, 5) is 10.5. The standard InChI is InChI=1S/C11H19N5O2/c1-3-8-6-18-5-4-16(8)11-9(17-2)10(15-12)13-7-14-11/h7-8H,3-6,12H2,1-2H3,(H,13,14,15). The molecule has 1 fully saturated rings. The number of nitrogens with two attached hydrogens (primary N) is 1. The minimum Gasteiger partial charge on any atom is -0.490 e. The number of methoxy groups -OCH3 is 1. The zero-order valence-electron chi connectivity index (χ0n) is 10.7. The Morgan fingerprint density at radius 1 is 1.61 bits per heavy atom. The fourth-order valence-electron chi connectivity index (χ4n) is 2.13. The van der Waals surface area contributed by atoms with E-state index in [-0.39, 0.29) is 0 Å². The number of hydrazine groups is 1. The van der Waals surface area contributed by atoms with E-state index in [0.717, 1.165) is 18.8 Å². The Bertz CT molecular complexity index is 401. The van der Waals surface area contributed by atoms with E-state index in [1.165, 1.54) is 6.33 Å². The molecule has 7 nitrogen and oxygen atoms in total. The number of aromatic nitrogens is 2. The molecule has 3 N–H and O–H groups in total. The Hall–Kier alpha value is -1.60. The van der Waals surface area contributed by atoms with Crippen molar-refractivity contribution in [1.29, 1.82) is 0 Å². The van der Waals surface area contributed by atoms with Crippen LogP contribution < -0.4 is 20.9 Å². The van der Waals surface area contributed by atoms with Gasteiger partial charge in [-0.25, -0.2) is 15.8 Å². The highest BCUT2D eigenvalue weighted by molar-refractivity contribution is 5.64. The first-order valence-corrected chi connectivity index (χ1v) is 6.01. The highest BCUT2D eigenvalue weighted by Gasteiger charge is 2.26. The first kappa shape index (κ1) is 12.8. The molecule has 1 aliphatic heterocycles. The second-order valence-electron chi connectivity index (χ2n) is 4.05. The Balaban J connectivity index is 2.36. The van der Waals surface area contributed by atoms with Crippen molar-refractivity contribution in [3.63, 3.8) is 0 Å². The number of hydrogen-bond donors (Lipinski definition) is 2. The van der Waals surface area contributed by atoms with E-state index >= 15 is 0 Å². The summed E-state index contributed by atoms with van der Waals surface area (Å²) in [5.74, 6) is 7.25. The average molecular weight is 253 g/mol. The SMILES string of the molecule is CCC1COCCN1c1ncnc(NN)c1OC. The lowest BCUT2D eigenvalue weighted by atomic mass is 10.1. The fourth-order valence-corrected chi connectivity index (χ4v) is 2.13. The van der Waals surface area contributed by atoms with Crippen LogP contribution in [0.2, 0.25) is 0 Å². The number of nitrogens with one attached hydrogen (secondary N) is 1. The van der Waals surface area contributed by atoms with Gasteiger partial charge in [0.25, 0.3) is 0 Å². The zero-order chi connectivity index (χ0) is 13.0. The van der Waals surface area contributed by atoms with E-state index in [1.54, 1.807) is 7.11 Å². The smallest absolute Gasteiger partial charge is 0.205 e. The molecule has 2 rings (SSSR count). The normalized spacial score (nSPS) is 19.7. The molecule has 0 amide bonds. The molecule has 1 unspecified atom stereocenters. The van der Waals surface area contributed by atoms with E-state index in [4.69, 9.17) is 15.3 Å². The topological polar surface area (TPSA) is 85.5 Å². The van der Waals surface area contributed by atoms with Gasteiger partial charge in [-0.05, 0) is 6.42 Å². The van der Waals surface area contributed by atoms with Crippen LogP contribution in [0.3, 0.4) is 0 Å². The van der Waals surface area contributed by atoms with E-state index in [9.17, 15) is 0 Å². The maximum atomic E-state index is 5.49. The molecular weight excluding hydrogens is 234 g/mol. The predicted octanol–water partition coefficient (Wildman–Crippen LogP) is 0.386. The zero-order valence-corrected chi connectivity index (χ0v) is 10.7. The van der Waals surface area contributed by atoms with Crippen molar-refractivity contribution in [2.24, 2.45) is 5.84 Å². The summed E-state index contributed by atoms with van der Waals surface area (Å²) in [6.07, 6.45) is 2.47. The maximum absolute atomic E-state index is 5.49. The summed E-state index contributed by atoms with van der Waals surface area (Å²) in [6, 6.07) is 0.299. The van der Waals surface area contributed by atoms with Gasteiger partial charge in [-0.15, -0.1) is 0 Å². The van der Waals surface area contributed by atoms with Crippen molar-refractivity contribution < 1.29 is 9.47 Å². The van der Waals surface area contributed by atoms with Crippen molar-refractivity contribution in [2.75, 3.05) is 37.2 Å². The molecular formula is C11H19N5O2. The van der Waals surface area contributed by atoms with Crippen molar-refractivity contribution in [1.82, 2.24) is 9.97 Å². The fraction of sp³-hybridized carbons (Fsp3) is 0.636. The van der Waals surface area contributed by atoms with Crippen LogP contribution in [0.5, 0.6) is 5.75 Å². The molecule has 100 valence electrons.